The third kappa shape index (κ3) is 2.84. The van der Waals surface area contributed by atoms with Crippen molar-refractivity contribution in [3.63, 3.8) is 0 Å². The molecule has 0 fully saturated rings. The van der Waals surface area contributed by atoms with Crippen LogP contribution in [0.1, 0.15) is 16.8 Å². The first-order chi connectivity index (χ1) is 8.79. The van der Waals surface area contributed by atoms with E-state index in [9.17, 15) is 18.0 Å². The number of hydrogen-bond acceptors (Lipinski definition) is 1. The molecule has 0 unspecified atom stereocenters. The number of nitrogens with zero attached hydrogens (tertiary/aromatic N) is 1. The van der Waals surface area contributed by atoms with Crippen LogP contribution >= 0.6 is 11.6 Å². The second-order valence-corrected chi connectivity index (χ2v) is 4.45. The number of carbonyl (C=O) groups is 1. The highest BCUT2D eigenvalue weighted by molar-refractivity contribution is 6.36. The van der Waals surface area contributed by atoms with E-state index in [4.69, 9.17) is 16.7 Å². The molecule has 0 radical (unpaired) electrons. The molecule has 2 rings (SSSR count). The van der Waals surface area contributed by atoms with Gasteiger partial charge in [-0.3, -0.25) is 0 Å². The summed E-state index contributed by atoms with van der Waals surface area (Å²) in [4.78, 5) is 11.1. The molecule has 1 aromatic carbocycles. The summed E-state index contributed by atoms with van der Waals surface area (Å²) in [5.41, 5.74) is 0.289. The smallest absolute Gasteiger partial charge is 0.390 e. The molecular weight excluding hydrogens is 283 g/mol. The number of carboxylic acids is 1. The third-order valence-corrected chi connectivity index (χ3v) is 3.04. The van der Waals surface area contributed by atoms with Gasteiger partial charge < -0.3 is 9.67 Å². The van der Waals surface area contributed by atoms with Crippen LogP contribution in [0.2, 0.25) is 5.02 Å². The molecular formula is C12H9ClF3NO2. The summed E-state index contributed by atoms with van der Waals surface area (Å²) in [5, 5.41) is 9.53. The fourth-order valence-electron chi connectivity index (χ4n) is 1.90. The molecule has 0 aliphatic heterocycles. The monoisotopic (exact) mass is 291 g/mol. The SMILES string of the molecule is O=C(O)c1cn(CCC(F)(F)F)c2cccc(Cl)c12. The zero-order valence-electron chi connectivity index (χ0n) is 9.54. The van der Waals surface area contributed by atoms with E-state index in [0.717, 1.165) is 0 Å². The lowest BCUT2D eigenvalue weighted by molar-refractivity contribution is -0.136. The molecule has 3 nitrogen and oxygen atoms in total. The standard InChI is InChI=1S/C12H9ClF3NO2/c13-8-2-1-3-9-10(8)7(11(18)19)6-17(9)5-4-12(14,15)16/h1-3,6H,4-5H2,(H,18,19). The van der Waals surface area contributed by atoms with Gasteiger partial charge in [0, 0.05) is 18.1 Å². The Kier molecular flexibility index (Phi) is 3.45. The van der Waals surface area contributed by atoms with Crippen LogP contribution in [0, 0.1) is 0 Å². The van der Waals surface area contributed by atoms with Crippen LogP contribution < -0.4 is 0 Å². The van der Waals surface area contributed by atoms with Crippen molar-refractivity contribution in [1.82, 2.24) is 4.57 Å². The van der Waals surface area contributed by atoms with Crippen molar-refractivity contribution >= 4 is 28.5 Å². The van der Waals surface area contributed by atoms with Crippen molar-refractivity contribution in [3.8, 4) is 0 Å². The predicted molar refractivity (Wildman–Crippen MR) is 64.6 cm³/mol. The Morgan fingerprint density at radius 3 is 2.63 bits per heavy atom. The first kappa shape index (κ1) is 13.7. The van der Waals surface area contributed by atoms with E-state index in [0.29, 0.717) is 5.52 Å². The van der Waals surface area contributed by atoms with E-state index >= 15 is 0 Å². The van der Waals surface area contributed by atoms with E-state index in [2.05, 4.69) is 0 Å². The summed E-state index contributed by atoms with van der Waals surface area (Å²) in [5.74, 6) is -1.22. The molecule has 0 aliphatic rings. The van der Waals surface area contributed by atoms with Gasteiger partial charge >= 0.3 is 12.1 Å². The fourth-order valence-corrected chi connectivity index (χ4v) is 2.17. The minimum absolute atomic E-state index is 0.0947. The third-order valence-electron chi connectivity index (χ3n) is 2.72. The van der Waals surface area contributed by atoms with E-state index in [1.807, 2.05) is 0 Å². The number of aryl methyl sites for hydroxylation is 1. The molecule has 1 N–H and O–H groups in total. The lowest BCUT2D eigenvalue weighted by Gasteiger charge is -2.08. The second-order valence-electron chi connectivity index (χ2n) is 4.04. The van der Waals surface area contributed by atoms with E-state index < -0.39 is 18.6 Å². The Labute approximate surface area is 111 Å². The van der Waals surface area contributed by atoms with Crippen molar-refractivity contribution < 1.29 is 23.1 Å². The van der Waals surface area contributed by atoms with Crippen LogP contribution in [0.5, 0.6) is 0 Å². The Morgan fingerprint density at radius 2 is 2.05 bits per heavy atom. The molecule has 0 saturated carbocycles. The fraction of sp³-hybridized carbons (Fsp3) is 0.250. The molecule has 0 aliphatic carbocycles. The van der Waals surface area contributed by atoms with Gasteiger partial charge in [-0.05, 0) is 12.1 Å². The van der Waals surface area contributed by atoms with Crippen LogP contribution in [0.15, 0.2) is 24.4 Å². The minimum atomic E-state index is -4.29. The van der Waals surface area contributed by atoms with Gasteiger partial charge in [0.1, 0.15) is 0 Å². The minimum Gasteiger partial charge on any atom is -0.478 e. The second kappa shape index (κ2) is 4.77. The van der Waals surface area contributed by atoms with E-state index in [1.165, 1.54) is 16.8 Å². The normalized spacial score (nSPS) is 12.0. The number of fused-ring (bicyclic) bond motifs is 1. The number of halogens is 4. The molecule has 0 saturated heterocycles. The number of alkyl halides is 3. The maximum atomic E-state index is 12.2. The van der Waals surface area contributed by atoms with Crippen LogP contribution in [-0.2, 0) is 6.54 Å². The zero-order chi connectivity index (χ0) is 14.2. The van der Waals surface area contributed by atoms with Gasteiger partial charge in [0.25, 0.3) is 0 Å². The number of hydrogen-bond donors (Lipinski definition) is 1. The Bertz CT molecular complexity index is 634. The quantitative estimate of drug-likeness (QED) is 0.930. The van der Waals surface area contributed by atoms with Gasteiger partial charge in [-0.2, -0.15) is 13.2 Å². The Balaban J connectivity index is 2.51. The Morgan fingerprint density at radius 1 is 1.37 bits per heavy atom. The van der Waals surface area contributed by atoms with Crippen LogP contribution in [0.25, 0.3) is 10.9 Å². The summed E-state index contributed by atoms with van der Waals surface area (Å²) in [6, 6.07) is 4.62. The molecule has 0 amide bonds. The van der Waals surface area contributed by atoms with E-state index in [-0.39, 0.29) is 22.5 Å². The molecule has 102 valence electrons. The summed E-state index contributed by atoms with van der Waals surface area (Å²) < 4.78 is 38.0. The van der Waals surface area contributed by atoms with Gasteiger partial charge in [0.05, 0.1) is 22.5 Å². The largest absolute Gasteiger partial charge is 0.478 e. The van der Waals surface area contributed by atoms with E-state index in [1.54, 1.807) is 12.1 Å². The lowest BCUT2D eigenvalue weighted by Crippen LogP contribution is -2.11. The predicted octanol–water partition coefficient (Wildman–Crippen LogP) is 3.95. The van der Waals surface area contributed by atoms with Gasteiger partial charge in [-0.15, -0.1) is 0 Å². The van der Waals surface area contributed by atoms with Gasteiger partial charge in [0.15, 0.2) is 0 Å². The van der Waals surface area contributed by atoms with Gasteiger partial charge in [-0.1, -0.05) is 17.7 Å². The molecule has 0 bridgehead atoms. The summed E-state index contributed by atoms with van der Waals surface area (Å²) >= 11 is 5.91. The highest BCUT2D eigenvalue weighted by atomic mass is 35.5. The molecule has 7 heteroatoms. The van der Waals surface area contributed by atoms with Crippen LogP contribution in [0.3, 0.4) is 0 Å². The molecule has 0 spiro atoms. The van der Waals surface area contributed by atoms with Crippen LogP contribution in [0.4, 0.5) is 13.2 Å². The number of carboxylic acid groups (broad SMARTS) is 1. The Hall–Kier alpha value is -1.69. The van der Waals surface area contributed by atoms with Gasteiger partial charge in [-0.25, -0.2) is 4.79 Å². The van der Waals surface area contributed by atoms with Crippen LogP contribution in [-0.4, -0.2) is 21.8 Å². The summed E-state index contributed by atoms with van der Waals surface area (Å²) in [6.07, 6.45) is -4.13. The van der Waals surface area contributed by atoms with Crippen molar-refractivity contribution in [2.45, 2.75) is 19.1 Å². The first-order valence-electron chi connectivity index (χ1n) is 5.37. The summed E-state index contributed by atoms with van der Waals surface area (Å²) in [6.45, 7) is -0.340. The van der Waals surface area contributed by atoms with Crippen molar-refractivity contribution in [2.75, 3.05) is 0 Å². The van der Waals surface area contributed by atoms with Gasteiger partial charge in [0.2, 0.25) is 0 Å². The summed E-state index contributed by atoms with van der Waals surface area (Å²) in [7, 11) is 0. The molecule has 1 heterocycles. The first-order valence-corrected chi connectivity index (χ1v) is 5.75. The molecule has 19 heavy (non-hydrogen) atoms. The molecule has 0 atom stereocenters. The average Bonchev–Trinajstić information content (AvgIpc) is 2.66. The number of benzene rings is 1. The maximum Gasteiger partial charge on any atom is 0.390 e. The van der Waals surface area contributed by atoms with Crippen molar-refractivity contribution in [2.24, 2.45) is 0 Å². The highest BCUT2D eigenvalue weighted by Crippen LogP contribution is 2.30. The number of aromatic nitrogens is 1. The molecule has 1 aromatic heterocycles. The molecule has 2 aromatic rings. The van der Waals surface area contributed by atoms with Crippen molar-refractivity contribution in [3.05, 3.63) is 35.0 Å². The van der Waals surface area contributed by atoms with Crippen molar-refractivity contribution in [1.29, 1.82) is 0 Å². The number of rotatable bonds is 3. The zero-order valence-corrected chi connectivity index (χ0v) is 10.3. The topological polar surface area (TPSA) is 42.2 Å². The maximum absolute atomic E-state index is 12.2. The number of aromatic carboxylic acids is 1. The average molecular weight is 292 g/mol. The highest BCUT2D eigenvalue weighted by Gasteiger charge is 2.27. The lowest BCUT2D eigenvalue weighted by atomic mass is 10.2.